The molecule has 66 valence electrons. The van der Waals surface area contributed by atoms with Crippen molar-refractivity contribution in [3.8, 4) is 0 Å². The van der Waals surface area contributed by atoms with Gasteiger partial charge in [0, 0.05) is 0 Å². The summed E-state index contributed by atoms with van der Waals surface area (Å²) in [6.07, 6.45) is -1.90. The second-order valence-electron chi connectivity index (χ2n) is 1.99. The molecule has 0 aromatic heterocycles. The number of hydrogen-bond donors (Lipinski definition) is 2. The van der Waals surface area contributed by atoms with Gasteiger partial charge in [0.1, 0.15) is 12.8 Å². The summed E-state index contributed by atoms with van der Waals surface area (Å²) in [6, 6.07) is 0. The number of carbonyl (C=O) groups is 4. The average molecular weight is 174 g/mol. The lowest BCUT2D eigenvalue weighted by Gasteiger charge is -1.92. The molecule has 12 heavy (non-hydrogen) atoms. The Morgan fingerprint density at radius 1 is 0.750 bits per heavy atom. The SMILES string of the molecule is O=C(O)CC(=O)C(=O)CC(=O)O. The van der Waals surface area contributed by atoms with Crippen molar-refractivity contribution < 1.29 is 29.4 Å². The molecule has 0 aromatic rings. The zero-order chi connectivity index (χ0) is 9.72. The van der Waals surface area contributed by atoms with E-state index in [1.165, 1.54) is 0 Å². The van der Waals surface area contributed by atoms with Gasteiger partial charge in [-0.25, -0.2) is 0 Å². The number of Topliss-reactive ketones (excluding diaryl/α,β-unsaturated/α-hetero) is 2. The van der Waals surface area contributed by atoms with Gasteiger partial charge < -0.3 is 10.2 Å². The maximum atomic E-state index is 10.5. The van der Waals surface area contributed by atoms with Crippen LogP contribution in [0.2, 0.25) is 0 Å². The van der Waals surface area contributed by atoms with Crippen LogP contribution >= 0.6 is 0 Å². The Morgan fingerprint density at radius 3 is 1.17 bits per heavy atom. The van der Waals surface area contributed by atoms with Crippen molar-refractivity contribution in [2.24, 2.45) is 0 Å². The van der Waals surface area contributed by atoms with E-state index in [-0.39, 0.29) is 0 Å². The van der Waals surface area contributed by atoms with E-state index in [1.807, 2.05) is 0 Å². The van der Waals surface area contributed by atoms with Gasteiger partial charge in [-0.3, -0.25) is 19.2 Å². The molecular weight excluding hydrogens is 168 g/mol. The summed E-state index contributed by atoms with van der Waals surface area (Å²) in [5.41, 5.74) is 0. The topological polar surface area (TPSA) is 109 Å². The average Bonchev–Trinajstić information content (AvgIpc) is 1.84. The maximum Gasteiger partial charge on any atom is 0.311 e. The molecule has 0 radical (unpaired) electrons. The van der Waals surface area contributed by atoms with Crippen molar-refractivity contribution in [1.29, 1.82) is 0 Å². The predicted molar refractivity (Wildman–Crippen MR) is 34.5 cm³/mol. The fourth-order valence-electron chi connectivity index (χ4n) is 0.472. The Hall–Kier alpha value is -1.72. The van der Waals surface area contributed by atoms with Crippen molar-refractivity contribution in [3.63, 3.8) is 0 Å². The van der Waals surface area contributed by atoms with E-state index in [9.17, 15) is 19.2 Å². The molecule has 6 nitrogen and oxygen atoms in total. The van der Waals surface area contributed by atoms with E-state index >= 15 is 0 Å². The first-order valence-corrected chi connectivity index (χ1v) is 2.93. The number of aliphatic carboxylic acids is 2. The molecule has 2 N–H and O–H groups in total. The Bertz CT molecular complexity index is 214. The number of hydrogen-bond acceptors (Lipinski definition) is 4. The highest BCUT2D eigenvalue weighted by atomic mass is 16.4. The lowest BCUT2D eigenvalue weighted by molar-refractivity contribution is -0.148. The molecule has 0 aromatic carbocycles. The fraction of sp³-hybridized carbons (Fsp3) is 0.333. The van der Waals surface area contributed by atoms with Crippen molar-refractivity contribution in [3.05, 3.63) is 0 Å². The number of carboxylic acids is 2. The number of carbonyl (C=O) groups excluding carboxylic acids is 2. The molecule has 0 aliphatic rings. The second-order valence-corrected chi connectivity index (χ2v) is 1.99. The third-order valence-corrected chi connectivity index (χ3v) is 0.935. The molecule has 6 heteroatoms. The minimum atomic E-state index is -1.45. The van der Waals surface area contributed by atoms with Gasteiger partial charge in [-0.1, -0.05) is 0 Å². The van der Waals surface area contributed by atoms with Crippen LogP contribution in [0.25, 0.3) is 0 Å². The van der Waals surface area contributed by atoms with Crippen molar-refractivity contribution >= 4 is 23.5 Å². The number of carboxylic acid groups (broad SMARTS) is 2. The minimum Gasteiger partial charge on any atom is -0.481 e. The zero-order valence-electron chi connectivity index (χ0n) is 5.94. The molecule has 0 aliphatic heterocycles. The molecule has 0 amide bonds. The summed E-state index contributed by atoms with van der Waals surface area (Å²) in [7, 11) is 0. The van der Waals surface area contributed by atoms with E-state index in [2.05, 4.69) is 0 Å². The van der Waals surface area contributed by atoms with Crippen LogP contribution in [0.4, 0.5) is 0 Å². The first-order valence-electron chi connectivity index (χ1n) is 2.93. The van der Waals surface area contributed by atoms with Crippen molar-refractivity contribution in [1.82, 2.24) is 0 Å². The molecule has 0 heterocycles. The van der Waals surface area contributed by atoms with Crippen LogP contribution in [0, 0.1) is 0 Å². The van der Waals surface area contributed by atoms with Gasteiger partial charge in [-0.05, 0) is 0 Å². The Balaban J connectivity index is 4.03. The van der Waals surface area contributed by atoms with Crippen LogP contribution in [-0.4, -0.2) is 33.7 Å². The number of ketones is 2. The second kappa shape index (κ2) is 4.22. The normalized spacial score (nSPS) is 9.00. The standard InChI is InChI=1S/C6H6O6/c7-3(1-5(9)10)4(8)2-6(11)12/h1-2H2,(H,9,10)(H,11,12). The van der Waals surface area contributed by atoms with Crippen molar-refractivity contribution in [2.45, 2.75) is 12.8 Å². The lowest BCUT2D eigenvalue weighted by Crippen LogP contribution is -2.20. The third-order valence-electron chi connectivity index (χ3n) is 0.935. The molecule has 0 atom stereocenters. The molecule has 0 fully saturated rings. The molecule has 0 bridgehead atoms. The maximum absolute atomic E-state index is 10.5. The molecule has 0 aliphatic carbocycles. The highest BCUT2D eigenvalue weighted by Crippen LogP contribution is 1.90. The van der Waals surface area contributed by atoms with Crippen molar-refractivity contribution in [2.75, 3.05) is 0 Å². The summed E-state index contributed by atoms with van der Waals surface area (Å²) in [6.45, 7) is 0. The van der Waals surface area contributed by atoms with E-state index in [4.69, 9.17) is 10.2 Å². The summed E-state index contributed by atoms with van der Waals surface area (Å²) in [4.78, 5) is 40.7. The summed E-state index contributed by atoms with van der Waals surface area (Å²) in [5.74, 6) is -5.27. The van der Waals surface area contributed by atoms with Crippen LogP contribution in [0.3, 0.4) is 0 Å². The Morgan fingerprint density at radius 2 is 1.00 bits per heavy atom. The third kappa shape index (κ3) is 4.15. The summed E-state index contributed by atoms with van der Waals surface area (Å²) < 4.78 is 0. The van der Waals surface area contributed by atoms with E-state index in [0.29, 0.717) is 0 Å². The summed E-state index contributed by atoms with van der Waals surface area (Å²) >= 11 is 0. The quantitative estimate of drug-likeness (QED) is 0.411. The van der Waals surface area contributed by atoms with Gasteiger partial charge >= 0.3 is 11.9 Å². The van der Waals surface area contributed by atoms with Gasteiger partial charge in [-0.2, -0.15) is 0 Å². The monoisotopic (exact) mass is 174 g/mol. The summed E-state index contributed by atoms with van der Waals surface area (Å²) in [5, 5.41) is 16.1. The number of rotatable bonds is 5. The Labute approximate surface area is 66.8 Å². The fourth-order valence-corrected chi connectivity index (χ4v) is 0.472. The van der Waals surface area contributed by atoms with Crippen LogP contribution in [0.15, 0.2) is 0 Å². The van der Waals surface area contributed by atoms with Gasteiger partial charge in [0.15, 0.2) is 0 Å². The van der Waals surface area contributed by atoms with Crippen LogP contribution in [-0.2, 0) is 19.2 Å². The van der Waals surface area contributed by atoms with Gasteiger partial charge in [-0.15, -0.1) is 0 Å². The van der Waals surface area contributed by atoms with Gasteiger partial charge in [0.25, 0.3) is 0 Å². The van der Waals surface area contributed by atoms with E-state index in [0.717, 1.165) is 0 Å². The Kier molecular flexibility index (Phi) is 3.61. The first kappa shape index (κ1) is 10.3. The van der Waals surface area contributed by atoms with Crippen LogP contribution in [0.5, 0.6) is 0 Å². The van der Waals surface area contributed by atoms with E-state index in [1.54, 1.807) is 0 Å². The zero-order valence-corrected chi connectivity index (χ0v) is 5.94. The molecular formula is C6H6O6. The largest absolute Gasteiger partial charge is 0.481 e. The lowest BCUT2D eigenvalue weighted by atomic mass is 10.1. The highest BCUT2D eigenvalue weighted by molar-refractivity contribution is 6.42. The highest BCUT2D eigenvalue weighted by Gasteiger charge is 2.19. The molecule has 0 spiro atoms. The molecule has 0 unspecified atom stereocenters. The molecule has 0 saturated carbocycles. The van der Waals surface area contributed by atoms with Gasteiger partial charge in [0.2, 0.25) is 11.6 Å². The van der Waals surface area contributed by atoms with E-state index < -0.39 is 36.3 Å². The molecule has 0 rings (SSSR count). The predicted octanol–water partition coefficient (Wildman–Crippen LogP) is -0.926. The molecule has 0 saturated heterocycles. The smallest absolute Gasteiger partial charge is 0.311 e. The van der Waals surface area contributed by atoms with Crippen LogP contribution in [0.1, 0.15) is 12.8 Å². The van der Waals surface area contributed by atoms with Gasteiger partial charge in [0.05, 0.1) is 0 Å². The minimum absolute atomic E-state index is 0.952. The van der Waals surface area contributed by atoms with Crippen LogP contribution < -0.4 is 0 Å². The first-order chi connectivity index (χ1) is 5.43.